The van der Waals surface area contributed by atoms with E-state index < -0.39 is 10.0 Å². The summed E-state index contributed by atoms with van der Waals surface area (Å²) >= 11 is 1.17. The molecule has 0 N–H and O–H groups in total. The number of anilines is 1. The minimum Gasteiger partial charge on any atom is -0.497 e. The third-order valence-corrected chi connectivity index (χ3v) is 6.95. The second-order valence-electron chi connectivity index (χ2n) is 7.10. The lowest BCUT2D eigenvalue weighted by Crippen LogP contribution is -2.34. The number of nitrogens with zero attached hydrogens (tertiary/aromatic N) is 3. The van der Waals surface area contributed by atoms with Crippen molar-refractivity contribution < 1.29 is 22.4 Å². The Hall–Kier alpha value is -2.85. The molecule has 0 radical (unpaired) electrons. The summed E-state index contributed by atoms with van der Waals surface area (Å²) in [6, 6.07) is 12.4. The van der Waals surface area contributed by atoms with Crippen LogP contribution >= 0.6 is 11.8 Å². The standard InChI is InChI=1S/C21H21N3O5S2/c1-28-17-8-5-14(6-9-17)20-22-23-21(29-20)30-13-19(25)16-7-10-18-15(12-16)4-3-11-24(18)31(2,26)27/h5-10,12H,3-4,11,13H2,1-2H3. The monoisotopic (exact) mass is 459 g/mol. The van der Waals surface area contributed by atoms with E-state index >= 15 is 0 Å². The van der Waals surface area contributed by atoms with Crippen LogP contribution < -0.4 is 9.04 Å². The molecule has 1 aliphatic heterocycles. The highest BCUT2D eigenvalue weighted by molar-refractivity contribution is 7.99. The topological polar surface area (TPSA) is 103 Å². The van der Waals surface area contributed by atoms with E-state index in [1.54, 1.807) is 37.4 Å². The number of methoxy groups -OCH3 is 1. The first-order valence-electron chi connectivity index (χ1n) is 9.60. The maximum Gasteiger partial charge on any atom is 0.277 e. The maximum absolute atomic E-state index is 12.7. The lowest BCUT2D eigenvalue weighted by molar-refractivity contribution is 0.102. The van der Waals surface area contributed by atoms with Gasteiger partial charge in [0.15, 0.2) is 5.78 Å². The van der Waals surface area contributed by atoms with Crippen LogP contribution in [0.3, 0.4) is 0 Å². The van der Waals surface area contributed by atoms with Crippen molar-refractivity contribution >= 4 is 33.3 Å². The van der Waals surface area contributed by atoms with Crippen molar-refractivity contribution in [3.8, 4) is 17.2 Å². The number of hydrogen-bond acceptors (Lipinski definition) is 8. The van der Waals surface area contributed by atoms with Crippen LogP contribution in [-0.4, -0.2) is 50.1 Å². The van der Waals surface area contributed by atoms with Gasteiger partial charge in [-0.15, -0.1) is 10.2 Å². The second-order valence-corrected chi connectivity index (χ2v) is 9.93. The zero-order chi connectivity index (χ0) is 22.0. The summed E-state index contributed by atoms with van der Waals surface area (Å²) in [6.45, 7) is 0.461. The lowest BCUT2D eigenvalue weighted by atomic mass is 9.99. The van der Waals surface area contributed by atoms with Crippen LogP contribution in [0.5, 0.6) is 5.75 Å². The van der Waals surface area contributed by atoms with Crippen LogP contribution in [0.15, 0.2) is 52.1 Å². The molecule has 1 aliphatic rings. The van der Waals surface area contributed by atoms with Gasteiger partial charge in [-0.2, -0.15) is 0 Å². The summed E-state index contributed by atoms with van der Waals surface area (Å²) < 4.78 is 36.2. The maximum atomic E-state index is 12.7. The number of aromatic nitrogens is 2. The summed E-state index contributed by atoms with van der Waals surface area (Å²) in [6.07, 6.45) is 2.66. The Morgan fingerprint density at radius 1 is 1.19 bits per heavy atom. The normalized spacial score (nSPS) is 13.7. The Balaban J connectivity index is 1.43. The Labute approximate surface area is 184 Å². The van der Waals surface area contributed by atoms with Gasteiger partial charge in [0, 0.05) is 17.7 Å². The van der Waals surface area contributed by atoms with E-state index in [0.29, 0.717) is 28.9 Å². The van der Waals surface area contributed by atoms with E-state index in [-0.39, 0.29) is 11.5 Å². The van der Waals surface area contributed by atoms with E-state index in [0.717, 1.165) is 29.7 Å². The van der Waals surface area contributed by atoms with Crippen LogP contribution in [0.4, 0.5) is 5.69 Å². The van der Waals surface area contributed by atoms with Crippen LogP contribution in [0.1, 0.15) is 22.3 Å². The fraction of sp³-hybridized carbons (Fsp3) is 0.286. The number of carbonyl (C=O) groups is 1. The van der Waals surface area contributed by atoms with Crippen LogP contribution in [0.2, 0.25) is 0 Å². The van der Waals surface area contributed by atoms with Gasteiger partial charge in [-0.3, -0.25) is 9.10 Å². The molecule has 0 unspecified atom stereocenters. The first kappa shape index (κ1) is 21.4. The third-order valence-electron chi connectivity index (χ3n) is 4.95. The summed E-state index contributed by atoms with van der Waals surface area (Å²) in [5, 5.41) is 8.33. The number of thioether (sulfide) groups is 1. The molecule has 0 spiro atoms. The van der Waals surface area contributed by atoms with Crippen molar-refractivity contribution in [1.29, 1.82) is 0 Å². The van der Waals surface area contributed by atoms with E-state index in [1.165, 1.54) is 22.3 Å². The number of sulfonamides is 1. The molecule has 2 aromatic carbocycles. The lowest BCUT2D eigenvalue weighted by Gasteiger charge is -2.29. The number of Topliss-reactive ketones (excluding diaryl/α,β-unsaturated/α-hetero) is 1. The van der Waals surface area contributed by atoms with Gasteiger partial charge in [0.05, 0.1) is 24.8 Å². The number of ketones is 1. The number of carbonyl (C=O) groups excluding carboxylic acids is 1. The average molecular weight is 460 g/mol. The third kappa shape index (κ3) is 4.75. The van der Waals surface area contributed by atoms with Crippen molar-refractivity contribution in [3.05, 3.63) is 53.6 Å². The predicted molar refractivity (Wildman–Crippen MR) is 118 cm³/mol. The molecule has 3 aromatic rings. The second kappa shape index (κ2) is 8.72. The minimum atomic E-state index is -3.33. The van der Waals surface area contributed by atoms with E-state index in [2.05, 4.69) is 10.2 Å². The molecule has 0 bridgehead atoms. The molecule has 0 atom stereocenters. The molecule has 0 amide bonds. The average Bonchev–Trinajstić information content (AvgIpc) is 3.25. The Morgan fingerprint density at radius 3 is 2.68 bits per heavy atom. The van der Waals surface area contributed by atoms with Crippen LogP contribution in [-0.2, 0) is 16.4 Å². The summed E-state index contributed by atoms with van der Waals surface area (Å²) in [5.41, 5.74) is 2.82. The molecule has 2 heterocycles. The first-order valence-corrected chi connectivity index (χ1v) is 12.4. The molecule has 8 nitrogen and oxygen atoms in total. The molecule has 0 fully saturated rings. The fourth-order valence-corrected chi connectivity index (χ4v) is 5.06. The SMILES string of the molecule is COc1ccc(-c2nnc(SCC(=O)c3ccc4c(c3)CCCN4S(C)(=O)=O)o2)cc1. The first-order chi connectivity index (χ1) is 14.8. The predicted octanol–water partition coefficient (Wildman–Crippen LogP) is 3.43. The summed E-state index contributed by atoms with van der Waals surface area (Å²) in [7, 11) is -1.74. The summed E-state index contributed by atoms with van der Waals surface area (Å²) in [5.74, 6) is 1.15. The number of aryl methyl sites for hydroxylation is 1. The molecule has 10 heteroatoms. The number of hydrogen-bond donors (Lipinski definition) is 0. The number of fused-ring (bicyclic) bond motifs is 1. The van der Waals surface area contributed by atoms with Gasteiger partial charge in [0.25, 0.3) is 5.22 Å². The zero-order valence-corrected chi connectivity index (χ0v) is 18.7. The van der Waals surface area contributed by atoms with Crippen molar-refractivity contribution in [1.82, 2.24) is 10.2 Å². The minimum absolute atomic E-state index is 0.0894. The fourth-order valence-electron chi connectivity index (χ4n) is 3.41. The number of rotatable bonds is 7. The van der Waals surface area contributed by atoms with Gasteiger partial charge in [-0.25, -0.2) is 8.42 Å². The molecule has 0 aliphatic carbocycles. The highest BCUT2D eigenvalue weighted by Crippen LogP contribution is 2.31. The Kier molecular flexibility index (Phi) is 6.01. The molecular weight excluding hydrogens is 438 g/mol. The molecule has 31 heavy (non-hydrogen) atoms. The van der Waals surface area contributed by atoms with E-state index in [9.17, 15) is 13.2 Å². The molecule has 1 aromatic heterocycles. The van der Waals surface area contributed by atoms with Crippen molar-refractivity contribution in [3.63, 3.8) is 0 Å². The van der Waals surface area contributed by atoms with E-state index in [4.69, 9.17) is 9.15 Å². The number of ether oxygens (including phenoxy) is 1. The van der Waals surface area contributed by atoms with Gasteiger partial charge in [-0.05, 0) is 60.9 Å². The van der Waals surface area contributed by atoms with Gasteiger partial charge < -0.3 is 9.15 Å². The Morgan fingerprint density at radius 2 is 1.97 bits per heavy atom. The summed E-state index contributed by atoms with van der Waals surface area (Å²) in [4.78, 5) is 12.7. The van der Waals surface area contributed by atoms with Crippen LogP contribution in [0, 0.1) is 0 Å². The highest BCUT2D eigenvalue weighted by atomic mass is 32.2. The molecular formula is C21H21N3O5S2. The smallest absolute Gasteiger partial charge is 0.277 e. The molecule has 4 rings (SSSR count). The van der Waals surface area contributed by atoms with Gasteiger partial charge in [0.2, 0.25) is 15.9 Å². The zero-order valence-electron chi connectivity index (χ0n) is 17.1. The highest BCUT2D eigenvalue weighted by Gasteiger charge is 2.24. The number of benzene rings is 2. The van der Waals surface area contributed by atoms with E-state index in [1.807, 2.05) is 12.1 Å². The molecule has 162 valence electrons. The largest absolute Gasteiger partial charge is 0.497 e. The quantitative estimate of drug-likeness (QED) is 0.391. The van der Waals surface area contributed by atoms with Gasteiger partial charge >= 0.3 is 0 Å². The van der Waals surface area contributed by atoms with Crippen molar-refractivity contribution in [2.75, 3.05) is 30.0 Å². The molecule has 0 saturated carbocycles. The van der Waals surface area contributed by atoms with Gasteiger partial charge in [-0.1, -0.05) is 11.8 Å². The van der Waals surface area contributed by atoms with Crippen LogP contribution in [0.25, 0.3) is 11.5 Å². The van der Waals surface area contributed by atoms with Crippen molar-refractivity contribution in [2.45, 2.75) is 18.1 Å². The van der Waals surface area contributed by atoms with Gasteiger partial charge in [0.1, 0.15) is 5.75 Å². The molecule has 0 saturated heterocycles. The Bertz CT molecular complexity index is 1210. The van der Waals surface area contributed by atoms with Crippen molar-refractivity contribution in [2.24, 2.45) is 0 Å².